The first-order valence-corrected chi connectivity index (χ1v) is 10.1. The van der Waals surface area contributed by atoms with Gasteiger partial charge in [-0.25, -0.2) is 4.79 Å². The molecule has 1 heterocycles. The molecule has 0 saturated heterocycles. The van der Waals surface area contributed by atoms with Gasteiger partial charge in [-0.15, -0.1) is 0 Å². The zero-order chi connectivity index (χ0) is 22.4. The Morgan fingerprint density at radius 1 is 1.13 bits per heavy atom. The van der Waals surface area contributed by atoms with Gasteiger partial charge in [0.1, 0.15) is 23.4 Å². The highest BCUT2D eigenvalue weighted by Gasteiger charge is 2.34. The van der Waals surface area contributed by atoms with Gasteiger partial charge in [-0.3, -0.25) is 5.32 Å². The molecule has 0 bridgehead atoms. The topological polar surface area (TPSA) is 89.1 Å². The lowest BCUT2D eigenvalue weighted by Crippen LogP contribution is -2.49. The van der Waals surface area contributed by atoms with Crippen LogP contribution in [0.25, 0.3) is 5.76 Å². The quantitative estimate of drug-likeness (QED) is 0.461. The highest BCUT2D eigenvalue weighted by molar-refractivity contribution is 5.91. The Morgan fingerprint density at radius 3 is 2.52 bits per heavy atom. The van der Waals surface area contributed by atoms with Crippen molar-refractivity contribution >= 4 is 11.7 Å². The van der Waals surface area contributed by atoms with Crippen LogP contribution in [0.4, 0.5) is 0 Å². The molecule has 31 heavy (non-hydrogen) atoms. The van der Waals surface area contributed by atoms with Crippen molar-refractivity contribution in [1.82, 2.24) is 10.6 Å². The average Bonchev–Trinajstić information content (AvgIpc) is 2.78. The molecule has 2 aromatic carbocycles. The predicted molar refractivity (Wildman–Crippen MR) is 119 cm³/mol. The molecule has 7 nitrogen and oxygen atoms in total. The Labute approximate surface area is 182 Å². The smallest absolute Gasteiger partial charge is 0.337 e. The highest BCUT2D eigenvalue weighted by atomic mass is 16.5. The SMILES string of the molecule is CCOC(=O)C1=C(C)NC(/C=C(\O)c2ccccc2)NC1c1ccc(OC)cc1OC. The first-order valence-electron chi connectivity index (χ1n) is 10.1. The number of hydrogen-bond acceptors (Lipinski definition) is 7. The molecule has 3 rings (SSSR count). The van der Waals surface area contributed by atoms with E-state index >= 15 is 0 Å². The van der Waals surface area contributed by atoms with Crippen LogP contribution >= 0.6 is 0 Å². The Balaban J connectivity index is 2.03. The molecule has 7 heteroatoms. The maximum atomic E-state index is 12.8. The molecule has 3 N–H and O–H groups in total. The molecule has 0 spiro atoms. The number of methoxy groups -OCH3 is 2. The zero-order valence-electron chi connectivity index (χ0n) is 18.1. The summed E-state index contributed by atoms with van der Waals surface area (Å²) in [5, 5.41) is 17.2. The first kappa shape index (κ1) is 22.2. The minimum absolute atomic E-state index is 0.124. The highest BCUT2D eigenvalue weighted by Crippen LogP contribution is 2.36. The van der Waals surface area contributed by atoms with Crippen LogP contribution in [0.2, 0.25) is 0 Å². The minimum Gasteiger partial charge on any atom is -0.508 e. The van der Waals surface area contributed by atoms with Crippen LogP contribution in [0.15, 0.2) is 65.9 Å². The van der Waals surface area contributed by atoms with Gasteiger partial charge < -0.3 is 24.6 Å². The van der Waals surface area contributed by atoms with Gasteiger partial charge >= 0.3 is 5.97 Å². The monoisotopic (exact) mass is 424 g/mol. The van der Waals surface area contributed by atoms with Crippen LogP contribution in [-0.2, 0) is 9.53 Å². The van der Waals surface area contributed by atoms with E-state index in [2.05, 4.69) is 10.6 Å². The number of esters is 1. The van der Waals surface area contributed by atoms with Crippen LogP contribution in [0.5, 0.6) is 11.5 Å². The summed E-state index contributed by atoms with van der Waals surface area (Å²) in [7, 11) is 3.15. The number of carbonyl (C=O) groups excluding carboxylic acids is 1. The Kier molecular flexibility index (Phi) is 7.20. The summed E-state index contributed by atoms with van der Waals surface area (Å²) in [6.45, 7) is 3.85. The van der Waals surface area contributed by atoms with Crippen LogP contribution < -0.4 is 20.1 Å². The van der Waals surface area contributed by atoms with E-state index < -0.39 is 18.2 Å². The van der Waals surface area contributed by atoms with Crippen molar-refractivity contribution in [3.8, 4) is 11.5 Å². The third kappa shape index (κ3) is 5.00. The number of hydrogen-bond donors (Lipinski definition) is 3. The van der Waals surface area contributed by atoms with Gasteiger partial charge in [-0.1, -0.05) is 30.3 Å². The third-order valence-electron chi connectivity index (χ3n) is 5.05. The van der Waals surface area contributed by atoms with Crippen molar-refractivity contribution in [2.45, 2.75) is 26.1 Å². The molecule has 0 aromatic heterocycles. The van der Waals surface area contributed by atoms with E-state index in [1.54, 1.807) is 33.3 Å². The number of aliphatic hydroxyl groups excluding tert-OH is 1. The van der Waals surface area contributed by atoms with Crippen molar-refractivity contribution in [1.29, 1.82) is 0 Å². The molecule has 1 aliphatic heterocycles. The molecule has 0 radical (unpaired) electrons. The Bertz CT molecular complexity index is 985. The van der Waals surface area contributed by atoms with Crippen molar-refractivity contribution in [2.24, 2.45) is 0 Å². The molecule has 1 aliphatic rings. The number of nitrogens with one attached hydrogen (secondary N) is 2. The molecule has 2 unspecified atom stereocenters. The normalized spacial score (nSPS) is 18.9. The molecule has 0 fully saturated rings. The van der Waals surface area contributed by atoms with Crippen molar-refractivity contribution in [2.75, 3.05) is 20.8 Å². The molecule has 2 atom stereocenters. The third-order valence-corrected chi connectivity index (χ3v) is 5.05. The number of ether oxygens (including phenoxy) is 3. The van der Waals surface area contributed by atoms with E-state index in [-0.39, 0.29) is 12.4 Å². The summed E-state index contributed by atoms with van der Waals surface area (Å²) >= 11 is 0. The number of rotatable bonds is 7. The maximum absolute atomic E-state index is 12.8. The van der Waals surface area contributed by atoms with E-state index in [1.165, 1.54) is 0 Å². The lowest BCUT2D eigenvalue weighted by atomic mass is 9.93. The van der Waals surface area contributed by atoms with Crippen molar-refractivity contribution in [3.63, 3.8) is 0 Å². The van der Waals surface area contributed by atoms with Crippen molar-refractivity contribution < 1.29 is 24.1 Å². The fourth-order valence-corrected chi connectivity index (χ4v) is 3.57. The fourth-order valence-electron chi connectivity index (χ4n) is 3.57. The number of carbonyl (C=O) groups is 1. The molecule has 0 aliphatic carbocycles. The maximum Gasteiger partial charge on any atom is 0.337 e. The summed E-state index contributed by atoms with van der Waals surface area (Å²) in [5.74, 6) is 0.922. The predicted octanol–water partition coefficient (Wildman–Crippen LogP) is 3.70. The molecule has 2 aromatic rings. The number of aliphatic hydroxyl groups is 1. The van der Waals surface area contributed by atoms with E-state index in [4.69, 9.17) is 14.2 Å². The Morgan fingerprint density at radius 2 is 1.87 bits per heavy atom. The zero-order valence-corrected chi connectivity index (χ0v) is 18.1. The van der Waals surface area contributed by atoms with E-state index in [0.29, 0.717) is 28.3 Å². The fraction of sp³-hybridized carbons (Fsp3) is 0.292. The minimum atomic E-state index is -0.522. The summed E-state index contributed by atoms with van der Waals surface area (Å²) < 4.78 is 16.2. The van der Waals surface area contributed by atoms with E-state index in [9.17, 15) is 9.90 Å². The summed E-state index contributed by atoms with van der Waals surface area (Å²) in [4.78, 5) is 12.8. The van der Waals surface area contributed by atoms with Gasteiger partial charge in [0, 0.05) is 22.9 Å². The van der Waals surface area contributed by atoms with E-state index in [0.717, 1.165) is 5.56 Å². The summed E-state index contributed by atoms with van der Waals surface area (Å²) in [6.07, 6.45) is 1.24. The van der Waals surface area contributed by atoms with Gasteiger partial charge in [0.2, 0.25) is 0 Å². The van der Waals surface area contributed by atoms with Gasteiger partial charge in [-0.2, -0.15) is 0 Å². The van der Waals surface area contributed by atoms with Gasteiger partial charge in [0.15, 0.2) is 0 Å². The van der Waals surface area contributed by atoms with Crippen molar-refractivity contribution in [3.05, 3.63) is 77.0 Å². The standard InChI is InChI=1S/C24H28N2O5/c1-5-31-24(28)22-15(2)25-21(14-19(27)16-9-7-6-8-10-16)26-23(22)18-12-11-17(29-3)13-20(18)30-4/h6-14,21,23,25-27H,5H2,1-4H3/b19-14-. The molecule has 164 valence electrons. The Hall–Kier alpha value is -3.45. The van der Waals surface area contributed by atoms with Crippen LogP contribution in [-0.4, -0.2) is 38.1 Å². The summed E-state index contributed by atoms with van der Waals surface area (Å²) in [6, 6.07) is 14.2. The second kappa shape index (κ2) is 10.0. The lowest BCUT2D eigenvalue weighted by Gasteiger charge is -2.34. The lowest BCUT2D eigenvalue weighted by molar-refractivity contribution is -0.139. The van der Waals surface area contributed by atoms with Gasteiger partial charge in [-0.05, 0) is 32.1 Å². The second-order valence-corrected chi connectivity index (χ2v) is 7.01. The summed E-state index contributed by atoms with van der Waals surface area (Å²) in [5.41, 5.74) is 2.56. The largest absolute Gasteiger partial charge is 0.508 e. The number of benzene rings is 2. The molecule has 0 amide bonds. The van der Waals surface area contributed by atoms with E-state index in [1.807, 2.05) is 49.4 Å². The second-order valence-electron chi connectivity index (χ2n) is 7.01. The van der Waals surface area contributed by atoms with Crippen LogP contribution in [0, 0.1) is 0 Å². The first-order chi connectivity index (χ1) is 15.0. The molecule has 0 saturated carbocycles. The average molecular weight is 424 g/mol. The molecular formula is C24H28N2O5. The van der Waals surface area contributed by atoms with Crippen LogP contribution in [0.1, 0.15) is 31.0 Å². The van der Waals surface area contributed by atoms with Gasteiger partial charge in [0.05, 0.1) is 32.4 Å². The molecular weight excluding hydrogens is 396 g/mol. The number of allylic oxidation sites excluding steroid dienone is 1. The van der Waals surface area contributed by atoms with Gasteiger partial charge in [0.25, 0.3) is 0 Å². The van der Waals surface area contributed by atoms with Crippen LogP contribution in [0.3, 0.4) is 0 Å².